The van der Waals surface area contributed by atoms with Crippen LogP contribution in [-0.4, -0.2) is 4.98 Å². The largest absolute Gasteiger partial charge is 0.381 e. The first-order valence-corrected chi connectivity index (χ1v) is 6.56. The lowest BCUT2D eigenvalue weighted by atomic mass is 10.1. The minimum atomic E-state index is -1.47. The van der Waals surface area contributed by atoms with Crippen LogP contribution in [0.15, 0.2) is 36.5 Å². The molecule has 0 saturated heterocycles. The Hall–Kier alpha value is -2.14. The summed E-state index contributed by atoms with van der Waals surface area (Å²) in [6.07, 6.45) is 1.78. The summed E-state index contributed by atoms with van der Waals surface area (Å²) in [6, 6.07) is 7.25. The van der Waals surface area contributed by atoms with E-state index in [1.165, 1.54) is 0 Å². The van der Waals surface area contributed by atoms with Crippen LogP contribution in [0.1, 0.15) is 5.56 Å². The summed E-state index contributed by atoms with van der Waals surface area (Å²) in [5, 5.41) is 4.43. The molecule has 108 valence electrons. The van der Waals surface area contributed by atoms with Crippen LogP contribution >= 0.6 is 11.6 Å². The number of fused-ring (bicyclic) bond motifs is 1. The van der Waals surface area contributed by atoms with E-state index < -0.39 is 17.5 Å². The van der Waals surface area contributed by atoms with Gasteiger partial charge in [0.15, 0.2) is 17.5 Å². The molecule has 2 aromatic carbocycles. The Morgan fingerprint density at radius 1 is 1.05 bits per heavy atom. The van der Waals surface area contributed by atoms with Gasteiger partial charge in [0.1, 0.15) is 0 Å². The third-order valence-corrected chi connectivity index (χ3v) is 3.43. The standard InChI is InChI=1S/C15H10ClF3N2/c16-9-1-2-11-8(7-21-14(11)3-9)6-20-10-4-12(17)15(19)13(18)5-10/h1-5,7,20-21H,6H2. The van der Waals surface area contributed by atoms with Crippen molar-refractivity contribution in [2.24, 2.45) is 0 Å². The second-order valence-electron chi connectivity index (χ2n) is 4.61. The molecule has 0 aliphatic heterocycles. The molecule has 3 aromatic rings. The molecule has 0 saturated carbocycles. The predicted octanol–water partition coefficient (Wildman–Crippen LogP) is 4.85. The van der Waals surface area contributed by atoms with Crippen molar-refractivity contribution < 1.29 is 13.2 Å². The number of rotatable bonds is 3. The Labute approximate surface area is 123 Å². The highest BCUT2D eigenvalue weighted by molar-refractivity contribution is 6.31. The van der Waals surface area contributed by atoms with E-state index in [-0.39, 0.29) is 5.69 Å². The number of halogens is 4. The number of nitrogens with one attached hydrogen (secondary N) is 2. The summed E-state index contributed by atoms with van der Waals surface area (Å²) in [6.45, 7) is 0.339. The predicted molar refractivity (Wildman–Crippen MR) is 77.0 cm³/mol. The van der Waals surface area contributed by atoms with Gasteiger partial charge in [0, 0.05) is 46.5 Å². The van der Waals surface area contributed by atoms with Crippen LogP contribution in [0, 0.1) is 17.5 Å². The van der Waals surface area contributed by atoms with Gasteiger partial charge < -0.3 is 10.3 Å². The fourth-order valence-corrected chi connectivity index (χ4v) is 2.33. The Morgan fingerprint density at radius 3 is 2.48 bits per heavy atom. The van der Waals surface area contributed by atoms with Crippen LogP contribution in [0.3, 0.4) is 0 Å². The Bertz CT molecular complexity index is 791. The van der Waals surface area contributed by atoms with Gasteiger partial charge >= 0.3 is 0 Å². The van der Waals surface area contributed by atoms with Crippen LogP contribution in [0.2, 0.25) is 5.02 Å². The molecule has 1 aromatic heterocycles. The summed E-state index contributed by atoms with van der Waals surface area (Å²) >= 11 is 5.90. The average molecular weight is 311 g/mol. The zero-order chi connectivity index (χ0) is 15.0. The number of hydrogen-bond donors (Lipinski definition) is 2. The Balaban J connectivity index is 1.83. The number of aromatic nitrogens is 1. The zero-order valence-electron chi connectivity index (χ0n) is 10.7. The normalized spacial score (nSPS) is 11.0. The maximum atomic E-state index is 13.1. The highest BCUT2D eigenvalue weighted by atomic mass is 35.5. The van der Waals surface area contributed by atoms with Crippen LogP contribution in [0.4, 0.5) is 18.9 Å². The van der Waals surface area contributed by atoms with Gasteiger partial charge in [-0.05, 0) is 17.7 Å². The van der Waals surface area contributed by atoms with E-state index in [2.05, 4.69) is 10.3 Å². The molecule has 0 spiro atoms. The molecule has 2 N–H and O–H groups in total. The number of H-pyrrole nitrogens is 1. The van der Waals surface area contributed by atoms with Crippen molar-refractivity contribution in [1.29, 1.82) is 0 Å². The van der Waals surface area contributed by atoms with Crippen molar-refractivity contribution in [3.05, 3.63) is 64.6 Å². The minimum Gasteiger partial charge on any atom is -0.381 e. The summed E-state index contributed by atoms with van der Waals surface area (Å²) in [7, 11) is 0. The summed E-state index contributed by atoms with van der Waals surface area (Å²) < 4.78 is 39.1. The van der Waals surface area contributed by atoms with E-state index in [1.54, 1.807) is 18.3 Å². The van der Waals surface area contributed by atoms with Crippen LogP contribution in [-0.2, 0) is 6.54 Å². The second kappa shape index (κ2) is 5.33. The molecule has 21 heavy (non-hydrogen) atoms. The van der Waals surface area contributed by atoms with Crippen molar-refractivity contribution in [3.63, 3.8) is 0 Å². The minimum absolute atomic E-state index is 0.176. The lowest BCUT2D eigenvalue weighted by molar-refractivity contribution is 0.447. The van der Waals surface area contributed by atoms with Crippen molar-refractivity contribution in [3.8, 4) is 0 Å². The average Bonchev–Trinajstić information content (AvgIpc) is 2.84. The molecule has 3 rings (SSSR count). The van der Waals surface area contributed by atoms with Crippen LogP contribution in [0.25, 0.3) is 10.9 Å². The summed E-state index contributed by atoms with van der Waals surface area (Å²) in [5.41, 5.74) is 1.96. The van der Waals surface area contributed by atoms with Gasteiger partial charge in [-0.2, -0.15) is 0 Å². The molecule has 0 aliphatic carbocycles. The number of anilines is 1. The first kappa shape index (κ1) is 13.8. The number of aromatic amines is 1. The van der Waals surface area contributed by atoms with E-state index >= 15 is 0 Å². The highest BCUT2D eigenvalue weighted by Crippen LogP contribution is 2.23. The number of hydrogen-bond acceptors (Lipinski definition) is 1. The molecule has 0 unspecified atom stereocenters. The van der Waals surface area contributed by atoms with Gasteiger partial charge in [0.25, 0.3) is 0 Å². The molecule has 0 amide bonds. The quantitative estimate of drug-likeness (QED) is 0.665. The molecular weight excluding hydrogens is 301 g/mol. The zero-order valence-corrected chi connectivity index (χ0v) is 11.4. The topological polar surface area (TPSA) is 27.8 Å². The third-order valence-electron chi connectivity index (χ3n) is 3.20. The van der Waals surface area contributed by atoms with Gasteiger partial charge in [0.05, 0.1) is 0 Å². The van der Waals surface area contributed by atoms with E-state index in [0.717, 1.165) is 28.6 Å². The van der Waals surface area contributed by atoms with E-state index in [0.29, 0.717) is 11.6 Å². The first-order chi connectivity index (χ1) is 10.0. The van der Waals surface area contributed by atoms with Crippen LogP contribution in [0.5, 0.6) is 0 Å². The molecule has 0 fully saturated rings. The maximum absolute atomic E-state index is 13.1. The monoisotopic (exact) mass is 310 g/mol. The molecule has 0 radical (unpaired) electrons. The third kappa shape index (κ3) is 2.69. The second-order valence-corrected chi connectivity index (χ2v) is 5.05. The molecular formula is C15H10ClF3N2. The molecule has 0 atom stereocenters. The molecule has 6 heteroatoms. The lowest BCUT2D eigenvalue weighted by Gasteiger charge is -2.07. The molecule has 0 aliphatic rings. The first-order valence-electron chi connectivity index (χ1n) is 6.18. The maximum Gasteiger partial charge on any atom is 0.194 e. The SMILES string of the molecule is Fc1cc(NCc2c[nH]c3cc(Cl)ccc23)cc(F)c1F. The van der Waals surface area contributed by atoms with Crippen LogP contribution < -0.4 is 5.32 Å². The van der Waals surface area contributed by atoms with Crippen molar-refractivity contribution in [2.75, 3.05) is 5.32 Å². The molecule has 2 nitrogen and oxygen atoms in total. The fourth-order valence-electron chi connectivity index (χ4n) is 2.16. The summed E-state index contributed by atoms with van der Waals surface area (Å²) in [5.74, 6) is -3.91. The lowest BCUT2D eigenvalue weighted by Crippen LogP contribution is -2.01. The Morgan fingerprint density at radius 2 is 1.76 bits per heavy atom. The van der Waals surface area contributed by atoms with E-state index in [4.69, 9.17) is 11.6 Å². The molecule has 0 bridgehead atoms. The van der Waals surface area contributed by atoms with Gasteiger partial charge in [0.2, 0.25) is 0 Å². The van der Waals surface area contributed by atoms with Gasteiger partial charge in [-0.25, -0.2) is 13.2 Å². The Kier molecular flexibility index (Phi) is 3.51. The van der Waals surface area contributed by atoms with Crippen molar-refractivity contribution in [1.82, 2.24) is 4.98 Å². The molecule has 1 heterocycles. The smallest absolute Gasteiger partial charge is 0.194 e. The highest BCUT2D eigenvalue weighted by Gasteiger charge is 2.11. The van der Waals surface area contributed by atoms with E-state index in [9.17, 15) is 13.2 Å². The van der Waals surface area contributed by atoms with E-state index in [1.807, 2.05) is 6.07 Å². The van der Waals surface area contributed by atoms with Gasteiger partial charge in [-0.3, -0.25) is 0 Å². The van der Waals surface area contributed by atoms with Gasteiger partial charge in [-0.1, -0.05) is 17.7 Å². The summed E-state index contributed by atoms with van der Waals surface area (Å²) in [4.78, 5) is 3.06. The van der Waals surface area contributed by atoms with Gasteiger partial charge in [-0.15, -0.1) is 0 Å². The van der Waals surface area contributed by atoms with Crippen molar-refractivity contribution >= 4 is 28.2 Å². The number of benzene rings is 2. The fraction of sp³-hybridized carbons (Fsp3) is 0.0667. The van der Waals surface area contributed by atoms with Crippen molar-refractivity contribution in [2.45, 2.75) is 6.54 Å².